The monoisotopic (exact) mass is 414 g/mol. The smallest absolute Gasteiger partial charge is 0.318 e. The van der Waals surface area contributed by atoms with E-state index in [-0.39, 0.29) is 36.1 Å². The minimum absolute atomic E-state index is 0.0427. The number of urea groups is 1. The van der Waals surface area contributed by atoms with E-state index in [2.05, 4.69) is 10.2 Å². The Morgan fingerprint density at radius 2 is 1.73 bits per heavy atom. The van der Waals surface area contributed by atoms with E-state index in [0.717, 1.165) is 57.8 Å². The fourth-order valence-electron chi connectivity index (χ4n) is 7.71. The number of benzene rings is 1. The van der Waals surface area contributed by atoms with Crippen LogP contribution in [-0.4, -0.2) is 45.9 Å². The number of amides is 2. The lowest BCUT2D eigenvalue weighted by Gasteiger charge is -2.58. The lowest BCUT2D eigenvalue weighted by molar-refractivity contribution is -0.137. The summed E-state index contributed by atoms with van der Waals surface area (Å²) in [6.07, 6.45) is 8.41. The number of fused-ring (bicyclic) bond motifs is 2. The summed E-state index contributed by atoms with van der Waals surface area (Å²) in [6.45, 7) is 0. The Morgan fingerprint density at radius 3 is 2.37 bits per heavy atom. The summed E-state index contributed by atoms with van der Waals surface area (Å²) in [4.78, 5) is 15.4. The Bertz CT molecular complexity index is 817. The van der Waals surface area contributed by atoms with Crippen LogP contribution in [0, 0.1) is 23.6 Å². The number of hydrogen-bond donors (Lipinski definition) is 2. The van der Waals surface area contributed by atoms with Crippen LogP contribution in [0.15, 0.2) is 24.3 Å². The van der Waals surface area contributed by atoms with Gasteiger partial charge in [0, 0.05) is 31.0 Å². The molecule has 4 saturated carbocycles. The highest BCUT2D eigenvalue weighted by atomic mass is 19.1. The van der Waals surface area contributed by atoms with Gasteiger partial charge in [-0.2, -0.15) is 0 Å². The van der Waals surface area contributed by atoms with Crippen LogP contribution < -0.4 is 10.1 Å². The van der Waals surface area contributed by atoms with Gasteiger partial charge < -0.3 is 20.1 Å². The lowest BCUT2D eigenvalue weighted by atomic mass is 9.52. The molecule has 2 aliphatic heterocycles. The molecule has 30 heavy (non-hydrogen) atoms. The molecule has 2 N–H and O–H groups in total. The highest BCUT2D eigenvalue weighted by molar-refractivity contribution is 5.76. The van der Waals surface area contributed by atoms with E-state index in [0.29, 0.717) is 23.5 Å². The van der Waals surface area contributed by atoms with Gasteiger partial charge in [0.05, 0.1) is 5.60 Å². The summed E-state index contributed by atoms with van der Waals surface area (Å²) >= 11 is 0. The molecule has 2 heterocycles. The van der Waals surface area contributed by atoms with Crippen molar-refractivity contribution in [3.8, 4) is 5.75 Å². The molecule has 4 aliphatic carbocycles. The number of para-hydroxylation sites is 1. The van der Waals surface area contributed by atoms with Crippen molar-refractivity contribution in [3.05, 3.63) is 30.1 Å². The third-order valence-electron chi connectivity index (χ3n) is 8.59. The van der Waals surface area contributed by atoms with Crippen molar-refractivity contribution < 1.29 is 19.0 Å². The number of nitrogens with one attached hydrogen (secondary N) is 1. The van der Waals surface area contributed by atoms with Crippen LogP contribution in [0.1, 0.15) is 57.8 Å². The minimum Gasteiger partial charge on any atom is -0.487 e. The van der Waals surface area contributed by atoms with Gasteiger partial charge in [0.1, 0.15) is 6.10 Å². The molecular formula is C24H31FN2O3. The van der Waals surface area contributed by atoms with Gasteiger partial charge in [-0.05, 0) is 74.8 Å². The largest absolute Gasteiger partial charge is 0.487 e. The summed E-state index contributed by atoms with van der Waals surface area (Å²) in [5.74, 6) is 1.47. The van der Waals surface area contributed by atoms with Crippen molar-refractivity contribution in [2.45, 2.75) is 87.6 Å². The standard InChI is InChI=1S/C24H31FN2O3/c25-20-3-1-2-4-21(20)30-19-9-17-5-6-18(10-19)27(17)23(28)26-22-15-7-14-8-16(22)13-24(29,11-14)12-15/h1-4,14-19,22,29H,5-13H2,(H,26,28)/t14?,15?,16?,17-,18+,19?,22?,24?. The van der Waals surface area contributed by atoms with E-state index in [1.165, 1.54) is 6.07 Å². The third kappa shape index (κ3) is 3.10. The Morgan fingerprint density at radius 1 is 1.07 bits per heavy atom. The van der Waals surface area contributed by atoms with Gasteiger partial charge >= 0.3 is 6.03 Å². The van der Waals surface area contributed by atoms with Gasteiger partial charge in [0.15, 0.2) is 11.6 Å². The first-order valence-corrected chi connectivity index (χ1v) is 11.7. The number of carbonyl (C=O) groups is 1. The average Bonchev–Trinajstić information content (AvgIpc) is 2.96. The summed E-state index contributed by atoms with van der Waals surface area (Å²) in [5, 5.41) is 14.2. The number of halogens is 1. The quantitative estimate of drug-likeness (QED) is 0.790. The SMILES string of the molecule is O=C(NC1C2CC3CC1CC(O)(C3)C2)N1[C@@H]2CC[C@H]1CC(Oc1ccccc1F)C2. The normalized spacial score (nSPS) is 43.7. The molecule has 1 aromatic rings. The first-order valence-electron chi connectivity index (χ1n) is 11.7. The highest BCUT2D eigenvalue weighted by Crippen LogP contribution is 2.55. The van der Waals surface area contributed by atoms with Crippen LogP contribution in [0.25, 0.3) is 0 Å². The zero-order valence-electron chi connectivity index (χ0n) is 17.3. The molecule has 1 aromatic carbocycles. The van der Waals surface area contributed by atoms with Crippen LogP contribution in [0.2, 0.25) is 0 Å². The van der Waals surface area contributed by atoms with Gasteiger partial charge in [0.25, 0.3) is 0 Å². The van der Waals surface area contributed by atoms with E-state index < -0.39 is 5.60 Å². The lowest BCUT2D eigenvalue weighted by Crippen LogP contribution is -2.64. The molecule has 162 valence electrons. The molecule has 6 aliphatic rings. The van der Waals surface area contributed by atoms with E-state index in [1.807, 2.05) is 0 Å². The van der Waals surface area contributed by atoms with E-state index in [9.17, 15) is 14.3 Å². The second-order valence-corrected chi connectivity index (χ2v) is 10.6. The van der Waals surface area contributed by atoms with Gasteiger partial charge in [-0.1, -0.05) is 12.1 Å². The number of rotatable bonds is 3. The van der Waals surface area contributed by atoms with Gasteiger partial charge in [-0.25, -0.2) is 9.18 Å². The zero-order chi connectivity index (χ0) is 20.5. The maximum atomic E-state index is 14.0. The predicted molar refractivity (Wildman–Crippen MR) is 110 cm³/mol. The van der Waals surface area contributed by atoms with Crippen molar-refractivity contribution in [1.82, 2.24) is 10.2 Å². The first-order chi connectivity index (χ1) is 14.5. The van der Waals surface area contributed by atoms with Crippen molar-refractivity contribution in [2.75, 3.05) is 0 Å². The fourth-order valence-corrected chi connectivity index (χ4v) is 7.71. The second-order valence-electron chi connectivity index (χ2n) is 10.6. The number of hydrogen-bond acceptors (Lipinski definition) is 3. The second kappa shape index (κ2) is 6.84. The van der Waals surface area contributed by atoms with Crippen LogP contribution in [0.5, 0.6) is 5.75 Å². The fraction of sp³-hybridized carbons (Fsp3) is 0.708. The van der Waals surface area contributed by atoms with Gasteiger partial charge in [-0.3, -0.25) is 0 Å². The molecule has 0 aromatic heterocycles. The molecule has 5 nitrogen and oxygen atoms in total. The molecule has 0 radical (unpaired) electrons. The van der Waals surface area contributed by atoms with Crippen LogP contribution in [-0.2, 0) is 0 Å². The van der Waals surface area contributed by atoms with E-state index >= 15 is 0 Å². The molecular weight excluding hydrogens is 383 g/mol. The van der Waals surface area contributed by atoms with Gasteiger partial charge in [-0.15, -0.1) is 0 Å². The van der Waals surface area contributed by atoms with Crippen LogP contribution >= 0.6 is 0 Å². The predicted octanol–water partition coefficient (Wildman–Crippen LogP) is 3.85. The number of piperidine rings is 1. The molecule has 2 amide bonds. The zero-order valence-corrected chi connectivity index (χ0v) is 17.3. The van der Waals surface area contributed by atoms with E-state index in [1.54, 1.807) is 18.2 Å². The van der Waals surface area contributed by atoms with Crippen LogP contribution in [0.3, 0.4) is 0 Å². The minimum atomic E-state index is -0.473. The maximum Gasteiger partial charge on any atom is 0.318 e. The molecule has 5 atom stereocenters. The van der Waals surface area contributed by atoms with Crippen molar-refractivity contribution >= 4 is 6.03 Å². The molecule has 2 saturated heterocycles. The maximum absolute atomic E-state index is 14.0. The molecule has 3 unspecified atom stereocenters. The summed E-state index contributed by atoms with van der Waals surface area (Å²) < 4.78 is 19.9. The summed E-state index contributed by atoms with van der Waals surface area (Å²) in [7, 11) is 0. The average molecular weight is 415 g/mol. The number of nitrogens with zero attached hydrogens (tertiary/aromatic N) is 1. The van der Waals surface area contributed by atoms with E-state index in [4.69, 9.17) is 4.74 Å². The number of carbonyl (C=O) groups excluding carboxylic acids is 1. The van der Waals surface area contributed by atoms with Crippen molar-refractivity contribution in [3.63, 3.8) is 0 Å². The van der Waals surface area contributed by atoms with Gasteiger partial charge in [0.2, 0.25) is 0 Å². The molecule has 6 heteroatoms. The number of ether oxygens (including phenoxy) is 1. The highest BCUT2D eigenvalue weighted by Gasteiger charge is 2.55. The Kier molecular flexibility index (Phi) is 4.31. The Labute approximate surface area is 177 Å². The number of aliphatic hydroxyl groups is 1. The van der Waals surface area contributed by atoms with Crippen LogP contribution in [0.4, 0.5) is 9.18 Å². The molecule has 6 fully saturated rings. The Hall–Kier alpha value is -1.82. The first kappa shape index (κ1) is 18.9. The van der Waals surface area contributed by atoms with Crippen molar-refractivity contribution in [2.24, 2.45) is 17.8 Å². The summed E-state index contributed by atoms with van der Waals surface area (Å²) in [5.41, 5.74) is -0.473. The molecule has 0 spiro atoms. The molecule has 6 bridgehead atoms. The Balaban J connectivity index is 1.11. The summed E-state index contributed by atoms with van der Waals surface area (Å²) in [6, 6.07) is 7.17. The third-order valence-corrected chi connectivity index (χ3v) is 8.59. The molecule has 7 rings (SSSR count). The van der Waals surface area contributed by atoms with Crippen molar-refractivity contribution in [1.29, 1.82) is 0 Å². The topological polar surface area (TPSA) is 61.8 Å².